The molecule has 0 saturated carbocycles. The summed E-state index contributed by atoms with van der Waals surface area (Å²) >= 11 is 0. The summed E-state index contributed by atoms with van der Waals surface area (Å²) in [6.07, 6.45) is -0.712. The smallest absolute Gasteiger partial charge is 0.408 e. The predicted octanol–water partition coefficient (Wildman–Crippen LogP) is 1.15. The number of hydrogen-bond donors (Lipinski definition) is 6. The largest absolute Gasteiger partial charge is 0.467 e. The molecule has 1 saturated heterocycles. The van der Waals surface area contributed by atoms with Crippen LogP contribution in [0.3, 0.4) is 0 Å². The summed E-state index contributed by atoms with van der Waals surface area (Å²) in [6, 6.07) is 4.39. The first kappa shape index (κ1) is 42.9. The van der Waals surface area contributed by atoms with Gasteiger partial charge >= 0.3 is 12.1 Å². The monoisotopic (exact) mass is 718 g/mol. The fraction of sp³-hybridized carbons (Fsp3) is 0.667. The summed E-state index contributed by atoms with van der Waals surface area (Å²) in [5, 5.41) is 22.4. The molecule has 15 nitrogen and oxygen atoms in total. The van der Waals surface area contributed by atoms with Crippen molar-refractivity contribution >= 4 is 35.7 Å². The minimum absolute atomic E-state index is 0.00614. The van der Waals surface area contributed by atoms with Gasteiger partial charge in [0.15, 0.2) is 0 Å². The van der Waals surface area contributed by atoms with E-state index in [0.717, 1.165) is 5.56 Å². The van der Waals surface area contributed by atoms with Gasteiger partial charge in [0.2, 0.25) is 23.6 Å². The minimum atomic E-state index is -1.37. The first-order valence-corrected chi connectivity index (χ1v) is 17.6. The molecule has 1 aromatic carbocycles. The van der Waals surface area contributed by atoms with Crippen molar-refractivity contribution < 1.29 is 43.3 Å². The normalized spacial score (nSPS) is 18.4. The van der Waals surface area contributed by atoms with Crippen LogP contribution in [0.4, 0.5) is 4.79 Å². The Kier molecular flexibility index (Phi) is 16.8. The Hall–Kier alpha value is -4.24. The highest BCUT2D eigenvalue weighted by atomic mass is 16.6. The minimum Gasteiger partial charge on any atom is -0.467 e. The van der Waals surface area contributed by atoms with Crippen molar-refractivity contribution in [2.75, 3.05) is 20.2 Å². The first-order valence-electron chi connectivity index (χ1n) is 17.6. The molecule has 286 valence electrons. The number of aliphatic hydroxyl groups is 1. The average molecular weight is 719 g/mol. The Morgan fingerprint density at radius 3 is 2.16 bits per heavy atom. The van der Waals surface area contributed by atoms with Crippen LogP contribution < -0.4 is 27.0 Å². The number of nitrogens with zero attached hydrogens (tertiary/aromatic N) is 1. The summed E-state index contributed by atoms with van der Waals surface area (Å²) in [6.45, 7) is 12.7. The fourth-order valence-electron chi connectivity index (χ4n) is 5.82. The number of methoxy groups -OCH3 is 1. The van der Waals surface area contributed by atoms with Crippen molar-refractivity contribution in [3.05, 3.63) is 35.9 Å². The lowest BCUT2D eigenvalue weighted by atomic mass is 9.96. The second kappa shape index (κ2) is 20.0. The number of benzene rings is 1. The van der Waals surface area contributed by atoms with Gasteiger partial charge in [-0.25, -0.2) is 9.59 Å². The highest BCUT2D eigenvalue weighted by molar-refractivity contribution is 5.92. The van der Waals surface area contributed by atoms with Crippen molar-refractivity contribution in [2.24, 2.45) is 17.6 Å². The zero-order chi connectivity index (χ0) is 38.5. The van der Waals surface area contributed by atoms with E-state index in [1.165, 1.54) is 7.11 Å². The molecule has 1 heterocycles. The highest BCUT2D eigenvalue weighted by Crippen LogP contribution is 2.21. The van der Waals surface area contributed by atoms with Crippen LogP contribution in [0.5, 0.6) is 0 Å². The van der Waals surface area contributed by atoms with E-state index < -0.39 is 84.0 Å². The van der Waals surface area contributed by atoms with Crippen LogP contribution in [0.15, 0.2) is 30.3 Å². The lowest BCUT2D eigenvalue weighted by molar-refractivity contribution is -0.147. The van der Waals surface area contributed by atoms with Crippen LogP contribution in [0, 0.1) is 11.8 Å². The molecular formula is C36H58N6O9. The number of nitrogens with one attached hydrogen (secondary N) is 4. The Labute approximate surface area is 301 Å². The van der Waals surface area contributed by atoms with Crippen molar-refractivity contribution in [1.29, 1.82) is 0 Å². The third kappa shape index (κ3) is 14.1. The van der Waals surface area contributed by atoms with Gasteiger partial charge in [-0.15, -0.1) is 0 Å². The number of hydrogen-bond acceptors (Lipinski definition) is 10. The van der Waals surface area contributed by atoms with E-state index in [-0.39, 0.29) is 24.8 Å². The first-order chi connectivity index (χ1) is 23.9. The van der Waals surface area contributed by atoms with Crippen LogP contribution in [0.1, 0.15) is 79.7 Å². The van der Waals surface area contributed by atoms with E-state index in [2.05, 4.69) is 21.3 Å². The van der Waals surface area contributed by atoms with E-state index in [1.807, 2.05) is 44.2 Å². The number of amides is 5. The quantitative estimate of drug-likeness (QED) is 0.119. The Balaban J connectivity index is 2.26. The molecule has 1 fully saturated rings. The van der Waals surface area contributed by atoms with Crippen LogP contribution in [0.25, 0.3) is 0 Å². The van der Waals surface area contributed by atoms with E-state index in [9.17, 15) is 33.9 Å². The van der Waals surface area contributed by atoms with Gasteiger partial charge < -0.3 is 41.6 Å². The summed E-state index contributed by atoms with van der Waals surface area (Å²) in [7, 11) is 1.25. The molecule has 0 spiro atoms. The van der Waals surface area contributed by atoms with Gasteiger partial charge in [0.25, 0.3) is 0 Å². The van der Waals surface area contributed by atoms with E-state index in [4.69, 9.17) is 15.2 Å². The van der Waals surface area contributed by atoms with E-state index >= 15 is 0 Å². The number of carbonyl (C=O) groups is 6. The maximum Gasteiger partial charge on any atom is 0.408 e. The Bertz CT molecular complexity index is 1340. The molecule has 5 amide bonds. The molecule has 2 rings (SSSR count). The lowest BCUT2D eigenvalue weighted by Gasteiger charge is -2.33. The van der Waals surface area contributed by atoms with Crippen LogP contribution in [-0.4, -0.2) is 108 Å². The van der Waals surface area contributed by atoms with Crippen LogP contribution >= 0.6 is 0 Å². The van der Waals surface area contributed by atoms with Gasteiger partial charge in [-0.2, -0.15) is 0 Å². The number of nitrogens with two attached hydrogens (primary N) is 1. The zero-order valence-corrected chi connectivity index (χ0v) is 31.2. The number of carbonyl (C=O) groups excluding carboxylic acids is 6. The van der Waals surface area contributed by atoms with Crippen LogP contribution in [-0.2, 0) is 39.9 Å². The molecule has 15 heteroatoms. The maximum atomic E-state index is 13.7. The summed E-state index contributed by atoms with van der Waals surface area (Å²) in [4.78, 5) is 79.1. The van der Waals surface area contributed by atoms with Gasteiger partial charge in [0.05, 0.1) is 31.7 Å². The predicted molar refractivity (Wildman–Crippen MR) is 190 cm³/mol. The number of likely N-dealkylation sites (tertiary alicyclic amines) is 1. The lowest BCUT2D eigenvalue weighted by Crippen LogP contribution is -2.59. The second-order valence-corrected chi connectivity index (χ2v) is 14.5. The maximum absolute atomic E-state index is 13.7. The number of aliphatic hydroxyl groups excluding tert-OH is 1. The molecule has 0 aromatic heterocycles. The number of primary amides is 1. The van der Waals surface area contributed by atoms with Gasteiger partial charge in [-0.3, -0.25) is 24.1 Å². The topological polar surface area (TPSA) is 218 Å². The summed E-state index contributed by atoms with van der Waals surface area (Å²) in [5.74, 6) is -3.55. The molecule has 1 aromatic rings. The van der Waals surface area contributed by atoms with Crippen molar-refractivity contribution in [2.45, 2.75) is 122 Å². The van der Waals surface area contributed by atoms with Crippen LogP contribution in [0.2, 0.25) is 0 Å². The molecule has 7 atom stereocenters. The third-order valence-corrected chi connectivity index (χ3v) is 8.80. The molecule has 1 aliphatic rings. The molecule has 0 bridgehead atoms. The Morgan fingerprint density at radius 2 is 1.61 bits per heavy atom. The number of β-amino-alcohol motifs (C(OH)–C–C–N with tert-alkyl or cyclic N) is 1. The third-order valence-electron chi connectivity index (χ3n) is 8.80. The number of rotatable bonds is 18. The molecule has 0 unspecified atom stereocenters. The molecule has 0 aliphatic carbocycles. The van der Waals surface area contributed by atoms with E-state index in [0.29, 0.717) is 25.8 Å². The van der Waals surface area contributed by atoms with Crippen molar-refractivity contribution in [3.63, 3.8) is 0 Å². The summed E-state index contributed by atoms with van der Waals surface area (Å²) in [5.41, 5.74) is 5.33. The van der Waals surface area contributed by atoms with Gasteiger partial charge in [0.1, 0.15) is 23.7 Å². The molecular weight excluding hydrogens is 660 g/mol. The zero-order valence-electron chi connectivity index (χ0n) is 31.2. The molecule has 0 radical (unpaired) electrons. The molecule has 7 N–H and O–H groups in total. The second-order valence-electron chi connectivity index (χ2n) is 14.5. The summed E-state index contributed by atoms with van der Waals surface area (Å²) < 4.78 is 10.1. The number of esters is 1. The fourth-order valence-corrected chi connectivity index (χ4v) is 5.82. The number of alkyl carbamates (subject to hydrolysis) is 1. The van der Waals surface area contributed by atoms with Gasteiger partial charge in [0, 0.05) is 6.54 Å². The highest BCUT2D eigenvalue weighted by Gasteiger charge is 2.38. The van der Waals surface area contributed by atoms with Gasteiger partial charge in [-0.1, -0.05) is 64.4 Å². The molecule has 1 aliphatic heterocycles. The number of ether oxygens (including phenoxy) is 2. The van der Waals surface area contributed by atoms with Crippen molar-refractivity contribution in [3.8, 4) is 0 Å². The SMILES string of the molecule is CC[C@H](C)[C@H](NC(=O)[C@H]1CCCN1C[C@@H](O)[C@H](Cc1ccccc1)NC(=O)[C@H](CC(N)=O)NC(=O)OC(C)(C)C)C(=O)N[C@H](C(=O)OC)C(C)C. The standard InChI is InChI=1S/C36H58N6O9/c1-9-22(4)30(33(47)40-29(21(2)3)34(48)50-8)41-32(46)26-16-13-17-42(26)20-27(43)24(18-23-14-11-10-12-15-23)38-31(45)25(19-28(37)44)39-35(49)51-36(5,6)7/h10-12,14-15,21-22,24-27,29-30,43H,9,13,16-20H2,1-8H3,(H2,37,44)(H,38,45)(H,39,49)(H,40,47)(H,41,46)/t22-,24-,25-,26+,27+,29-,30-/m0/s1. The Morgan fingerprint density at radius 1 is 0.961 bits per heavy atom. The van der Waals surface area contributed by atoms with Crippen molar-refractivity contribution in [1.82, 2.24) is 26.2 Å². The molecule has 51 heavy (non-hydrogen) atoms. The van der Waals surface area contributed by atoms with Gasteiger partial charge in [-0.05, 0) is 64.0 Å². The van der Waals surface area contributed by atoms with E-state index in [1.54, 1.807) is 39.5 Å². The average Bonchev–Trinajstić information content (AvgIpc) is 3.51.